The minimum absolute atomic E-state index is 0.105. The fourth-order valence-electron chi connectivity index (χ4n) is 3.82. The average Bonchev–Trinajstić information content (AvgIpc) is 3.21. The Hall–Kier alpha value is -3.44. The Morgan fingerprint density at radius 2 is 1.87 bits per heavy atom. The summed E-state index contributed by atoms with van der Waals surface area (Å²) < 4.78 is 20.9. The molecule has 3 aromatic rings. The lowest BCUT2D eigenvalue weighted by Crippen LogP contribution is -2.05. The van der Waals surface area contributed by atoms with Gasteiger partial charge in [0.15, 0.2) is 0 Å². The first-order chi connectivity index (χ1) is 14.6. The Kier molecular flexibility index (Phi) is 5.63. The summed E-state index contributed by atoms with van der Waals surface area (Å²) in [5, 5.41) is 9.11. The van der Waals surface area contributed by atoms with Crippen LogP contribution in [0.1, 0.15) is 27.8 Å². The molecule has 0 radical (unpaired) electrons. The number of hydrogen-bond donors (Lipinski definition) is 2. The second-order valence-corrected chi connectivity index (χ2v) is 7.27. The van der Waals surface area contributed by atoms with Crippen LogP contribution in [0, 0.1) is 5.82 Å². The number of aliphatic carboxylic acids is 1. The van der Waals surface area contributed by atoms with Crippen LogP contribution >= 0.6 is 0 Å². The average molecular weight is 403 g/mol. The van der Waals surface area contributed by atoms with Crippen molar-refractivity contribution in [3.05, 3.63) is 94.3 Å². The Labute approximate surface area is 174 Å². The SMILES string of the molecule is NCc1cccc(-c2cc(COc3ccccc3CC(=O)O)cc3c2C=CC3)c1F. The number of carbonyl (C=O) groups is 1. The summed E-state index contributed by atoms with van der Waals surface area (Å²) in [6, 6.07) is 16.4. The summed E-state index contributed by atoms with van der Waals surface area (Å²) in [6.45, 7) is 0.399. The van der Waals surface area contributed by atoms with Gasteiger partial charge in [-0.2, -0.15) is 0 Å². The number of hydrogen-bond acceptors (Lipinski definition) is 3. The second-order valence-electron chi connectivity index (χ2n) is 7.27. The Morgan fingerprint density at radius 3 is 2.67 bits per heavy atom. The molecule has 152 valence electrons. The molecule has 1 aliphatic rings. The first kappa shape index (κ1) is 19.9. The molecule has 0 atom stereocenters. The van der Waals surface area contributed by atoms with E-state index in [9.17, 15) is 9.18 Å². The molecule has 0 unspecified atom stereocenters. The molecule has 0 fully saturated rings. The molecular formula is C25H22FNO3. The van der Waals surface area contributed by atoms with E-state index in [1.807, 2.05) is 24.3 Å². The number of ether oxygens (including phenoxy) is 1. The number of nitrogens with two attached hydrogens (primary N) is 1. The highest BCUT2D eigenvalue weighted by molar-refractivity contribution is 5.80. The van der Waals surface area contributed by atoms with Crippen LogP contribution in [0.25, 0.3) is 17.2 Å². The van der Waals surface area contributed by atoms with Gasteiger partial charge in [0.2, 0.25) is 0 Å². The standard InChI is InChI=1S/C25H22FNO3/c26-25-19(14-27)7-4-9-21(25)22-12-16(11-17-6-3-8-20(17)22)15-30-23-10-2-1-5-18(23)13-24(28)29/h1-5,7-12H,6,13-15,27H2,(H,28,29). The minimum Gasteiger partial charge on any atom is -0.489 e. The normalized spacial score (nSPS) is 12.1. The molecule has 0 aliphatic heterocycles. The van der Waals surface area contributed by atoms with Crippen molar-refractivity contribution in [3.8, 4) is 16.9 Å². The van der Waals surface area contributed by atoms with E-state index in [4.69, 9.17) is 15.6 Å². The molecule has 3 N–H and O–H groups in total. The topological polar surface area (TPSA) is 72.5 Å². The predicted octanol–water partition coefficient (Wildman–Crippen LogP) is 4.73. The van der Waals surface area contributed by atoms with Gasteiger partial charge < -0.3 is 15.6 Å². The highest BCUT2D eigenvalue weighted by Crippen LogP contribution is 2.35. The van der Waals surface area contributed by atoms with Gasteiger partial charge in [-0.25, -0.2) is 4.39 Å². The van der Waals surface area contributed by atoms with Crippen LogP contribution in [0.15, 0.2) is 60.7 Å². The maximum Gasteiger partial charge on any atom is 0.307 e. The van der Waals surface area contributed by atoms with Crippen molar-refractivity contribution >= 4 is 12.0 Å². The minimum atomic E-state index is -0.910. The molecular weight excluding hydrogens is 381 g/mol. The molecule has 0 saturated heterocycles. The number of allylic oxidation sites excluding steroid dienone is 1. The molecule has 1 aliphatic carbocycles. The van der Waals surface area contributed by atoms with Gasteiger partial charge in [0.05, 0.1) is 6.42 Å². The van der Waals surface area contributed by atoms with Gasteiger partial charge >= 0.3 is 5.97 Å². The summed E-state index contributed by atoms with van der Waals surface area (Å²) in [5.41, 5.74) is 11.1. The van der Waals surface area contributed by atoms with Crippen molar-refractivity contribution in [2.45, 2.75) is 26.0 Å². The van der Waals surface area contributed by atoms with E-state index < -0.39 is 5.97 Å². The molecule has 0 spiro atoms. The Morgan fingerprint density at radius 1 is 1.07 bits per heavy atom. The molecule has 0 heterocycles. The maximum absolute atomic E-state index is 15.0. The molecule has 4 nitrogen and oxygen atoms in total. The van der Waals surface area contributed by atoms with E-state index >= 15 is 0 Å². The second kappa shape index (κ2) is 8.51. The molecule has 0 amide bonds. The zero-order valence-electron chi connectivity index (χ0n) is 16.4. The van der Waals surface area contributed by atoms with Crippen LogP contribution in [0.3, 0.4) is 0 Å². The van der Waals surface area contributed by atoms with Gasteiger partial charge in [0.1, 0.15) is 18.2 Å². The van der Waals surface area contributed by atoms with Gasteiger partial charge in [0.25, 0.3) is 0 Å². The molecule has 0 aromatic heterocycles. The Balaban J connectivity index is 1.68. The first-order valence-corrected chi connectivity index (χ1v) is 9.79. The molecule has 4 rings (SSSR count). The summed E-state index contributed by atoms with van der Waals surface area (Å²) >= 11 is 0. The summed E-state index contributed by atoms with van der Waals surface area (Å²) in [6.07, 6.45) is 4.76. The molecule has 3 aromatic carbocycles. The van der Waals surface area contributed by atoms with Gasteiger partial charge in [-0.05, 0) is 40.8 Å². The van der Waals surface area contributed by atoms with Gasteiger partial charge in [-0.1, -0.05) is 54.6 Å². The van der Waals surface area contributed by atoms with Crippen molar-refractivity contribution in [2.75, 3.05) is 0 Å². The highest BCUT2D eigenvalue weighted by atomic mass is 19.1. The van der Waals surface area contributed by atoms with Crippen LogP contribution in [-0.2, 0) is 30.8 Å². The van der Waals surface area contributed by atoms with Crippen LogP contribution in [-0.4, -0.2) is 11.1 Å². The number of rotatable bonds is 7. The van der Waals surface area contributed by atoms with Gasteiger partial charge in [-0.3, -0.25) is 4.79 Å². The monoisotopic (exact) mass is 403 g/mol. The number of fused-ring (bicyclic) bond motifs is 1. The lowest BCUT2D eigenvalue weighted by Gasteiger charge is -2.15. The van der Waals surface area contributed by atoms with Crippen LogP contribution < -0.4 is 10.5 Å². The quantitative estimate of drug-likeness (QED) is 0.598. The number of para-hydroxylation sites is 1. The van der Waals surface area contributed by atoms with Crippen molar-refractivity contribution < 1.29 is 19.0 Å². The number of benzene rings is 3. The summed E-state index contributed by atoms with van der Waals surface area (Å²) in [4.78, 5) is 11.1. The van der Waals surface area contributed by atoms with E-state index in [0.717, 1.165) is 28.7 Å². The van der Waals surface area contributed by atoms with Crippen molar-refractivity contribution in [3.63, 3.8) is 0 Å². The first-order valence-electron chi connectivity index (χ1n) is 9.79. The number of carboxylic acid groups (broad SMARTS) is 1. The largest absolute Gasteiger partial charge is 0.489 e. The zero-order chi connectivity index (χ0) is 21.1. The highest BCUT2D eigenvalue weighted by Gasteiger charge is 2.18. The van der Waals surface area contributed by atoms with Crippen molar-refractivity contribution in [1.29, 1.82) is 0 Å². The third kappa shape index (κ3) is 3.98. The summed E-state index contributed by atoms with van der Waals surface area (Å²) in [7, 11) is 0. The molecule has 30 heavy (non-hydrogen) atoms. The molecule has 0 saturated carbocycles. The fourth-order valence-corrected chi connectivity index (χ4v) is 3.82. The predicted molar refractivity (Wildman–Crippen MR) is 115 cm³/mol. The smallest absolute Gasteiger partial charge is 0.307 e. The maximum atomic E-state index is 15.0. The fraction of sp³-hybridized carbons (Fsp3) is 0.160. The van der Waals surface area contributed by atoms with E-state index in [1.54, 1.807) is 30.3 Å². The summed E-state index contributed by atoms with van der Waals surface area (Å²) in [5.74, 6) is -0.670. The lowest BCUT2D eigenvalue weighted by atomic mass is 9.93. The van der Waals surface area contributed by atoms with E-state index in [1.165, 1.54) is 0 Å². The van der Waals surface area contributed by atoms with E-state index in [0.29, 0.717) is 22.4 Å². The van der Waals surface area contributed by atoms with Crippen LogP contribution in [0.5, 0.6) is 5.75 Å². The van der Waals surface area contributed by atoms with Crippen LogP contribution in [0.4, 0.5) is 4.39 Å². The lowest BCUT2D eigenvalue weighted by molar-refractivity contribution is -0.136. The molecule has 5 heteroatoms. The van der Waals surface area contributed by atoms with Crippen LogP contribution in [0.2, 0.25) is 0 Å². The number of carboxylic acids is 1. The van der Waals surface area contributed by atoms with Gasteiger partial charge in [-0.15, -0.1) is 0 Å². The van der Waals surface area contributed by atoms with E-state index in [-0.39, 0.29) is 25.4 Å². The van der Waals surface area contributed by atoms with Gasteiger partial charge in [0, 0.05) is 23.2 Å². The van der Waals surface area contributed by atoms with Crippen molar-refractivity contribution in [1.82, 2.24) is 0 Å². The third-order valence-corrected chi connectivity index (χ3v) is 5.25. The number of halogens is 1. The third-order valence-electron chi connectivity index (χ3n) is 5.25. The van der Waals surface area contributed by atoms with E-state index in [2.05, 4.69) is 12.1 Å². The zero-order valence-corrected chi connectivity index (χ0v) is 16.4. The Bertz CT molecular complexity index is 1140. The molecule has 0 bridgehead atoms. The van der Waals surface area contributed by atoms with Crippen molar-refractivity contribution in [2.24, 2.45) is 5.73 Å².